The predicted octanol–water partition coefficient (Wildman–Crippen LogP) is 4.20. The summed E-state index contributed by atoms with van der Waals surface area (Å²) in [5, 5.41) is 3.40. The van der Waals surface area contributed by atoms with Crippen LogP contribution >= 0.6 is 0 Å². The topological polar surface area (TPSA) is 90.1 Å². The van der Waals surface area contributed by atoms with Crippen molar-refractivity contribution in [3.8, 4) is 11.6 Å². The molecule has 1 amide bonds. The summed E-state index contributed by atoms with van der Waals surface area (Å²) in [5.41, 5.74) is 9.92. The maximum absolute atomic E-state index is 12.2. The monoisotopic (exact) mass is 356 g/mol. The van der Waals surface area contributed by atoms with Crippen LogP contribution in [0.15, 0.2) is 12.1 Å². The number of primary amides is 1. The molecule has 0 radical (unpaired) electrons. The molecule has 6 heteroatoms. The Hall–Kier alpha value is -2.63. The molecule has 0 saturated carbocycles. The zero-order valence-electron chi connectivity index (χ0n) is 16.4. The molecule has 2 aromatic heterocycles. The fourth-order valence-corrected chi connectivity index (χ4v) is 3.05. The van der Waals surface area contributed by atoms with E-state index < -0.39 is 5.91 Å². The van der Waals surface area contributed by atoms with E-state index in [1.165, 1.54) is 0 Å². The molecule has 6 nitrogen and oxygen atoms in total. The average molecular weight is 356 g/mol. The van der Waals surface area contributed by atoms with Gasteiger partial charge in [-0.2, -0.15) is 0 Å². The number of nitrogens with two attached hydrogens (primary N) is 1. The van der Waals surface area contributed by atoms with Gasteiger partial charge in [0.05, 0.1) is 11.4 Å². The number of carbonyl (C=O) groups is 1. The minimum atomic E-state index is -0.573. The summed E-state index contributed by atoms with van der Waals surface area (Å²) in [7, 11) is 0. The van der Waals surface area contributed by atoms with Gasteiger partial charge in [-0.05, 0) is 58.2 Å². The molecule has 2 heterocycles. The third kappa shape index (κ3) is 4.31. The summed E-state index contributed by atoms with van der Waals surface area (Å²) in [6.45, 7) is 11.8. The van der Waals surface area contributed by atoms with Crippen molar-refractivity contribution in [3.63, 3.8) is 0 Å². The lowest BCUT2D eigenvalue weighted by molar-refractivity contribution is 0.0998. The molecule has 140 valence electrons. The predicted molar refractivity (Wildman–Crippen MR) is 104 cm³/mol. The Morgan fingerprint density at radius 1 is 1.12 bits per heavy atom. The SMILES string of the molecule is CCC(CC)Nc1cc(C)nc(Oc2c(C)cc(C)nc2C)c1C(N)=O. The van der Waals surface area contributed by atoms with E-state index in [2.05, 4.69) is 29.1 Å². The molecule has 0 unspecified atom stereocenters. The van der Waals surface area contributed by atoms with Crippen molar-refractivity contribution in [1.82, 2.24) is 9.97 Å². The second kappa shape index (κ2) is 8.17. The first-order valence-electron chi connectivity index (χ1n) is 8.97. The maximum atomic E-state index is 12.2. The number of ether oxygens (including phenoxy) is 1. The zero-order valence-corrected chi connectivity index (χ0v) is 16.4. The lowest BCUT2D eigenvalue weighted by Gasteiger charge is -2.21. The van der Waals surface area contributed by atoms with Gasteiger partial charge < -0.3 is 15.8 Å². The molecule has 2 rings (SSSR count). The molecule has 26 heavy (non-hydrogen) atoms. The van der Waals surface area contributed by atoms with Crippen LogP contribution in [-0.4, -0.2) is 21.9 Å². The van der Waals surface area contributed by atoms with E-state index in [-0.39, 0.29) is 17.5 Å². The normalized spacial score (nSPS) is 10.9. The van der Waals surface area contributed by atoms with Crippen LogP contribution in [0, 0.1) is 27.7 Å². The number of carbonyl (C=O) groups excluding carboxylic acids is 1. The Balaban J connectivity index is 2.55. The van der Waals surface area contributed by atoms with Gasteiger partial charge in [0.25, 0.3) is 5.91 Å². The number of rotatable bonds is 7. The summed E-state index contributed by atoms with van der Waals surface area (Å²) in [6, 6.07) is 4.01. The Labute approximate surface area is 155 Å². The number of hydrogen-bond acceptors (Lipinski definition) is 5. The summed E-state index contributed by atoms with van der Waals surface area (Å²) < 4.78 is 6.04. The van der Waals surface area contributed by atoms with Gasteiger partial charge in [0.15, 0.2) is 5.75 Å². The third-order valence-corrected chi connectivity index (χ3v) is 4.36. The smallest absolute Gasteiger partial charge is 0.256 e. The number of nitrogens with zero attached hydrogens (tertiary/aromatic N) is 2. The van der Waals surface area contributed by atoms with Crippen LogP contribution in [0.25, 0.3) is 0 Å². The number of nitrogens with one attached hydrogen (secondary N) is 1. The van der Waals surface area contributed by atoms with E-state index in [4.69, 9.17) is 10.5 Å². The van der Waals surface area contributed by atoms with Crippen LogP contribution in [0.4, 0.5) is 5.69 Å². The van der Waals surface area contributed by atoms with Gasteiger partial charge in [0, 0.05) is 17.4 Å². The first-order valence-corrected chi connectivity index (χ1v) is 8.97. The highest BCUT2D eigenvalue weighted by atomic mass is 16.5. The molecule has 2 aromatic rings. The second-order valence-electron chi connectivity index (χ2n) is 6.61. The van der Waals surface area contributed by atoms with Gasteiger partial charge in [-0.15, -0.1) is 0 Å². The van der Waals surface area contributed by atoms with Gasteiger partial charge in [-0.1, -0.05) is 13.8 Å². The van der Waals surface area contributed by atoms with E-state index in [0.29, 0.717) is 11.4 Å². The number of hydrogen-bond donors (Lipinski definition) is 2. The Kier molecular flexibility index (Phi) is 6.18. The summed E-state index contributed by atoms with van der Waals surface area (Å²) in [6.07, 6.45) is 1.87. The zero-order chi connectivity index (χ0) is 19.4. The van der Waals surface area contributed by atoms with Crippen molar-refractivity contribution >= 4 is 11.6 Å². The molecule has 0 aromatic carbocycles. The molecule has 0 atom stereocenters. The highest BCUT2D eigenvalue weighted by molar-refractivity contribution is 6.01. The van der Waals surface area contributed by atoms with Gasteiger partial charge >= 0.3 is 0 Å². The number of amides is 1. The first kappa shape index (κ1) is 19.7. The highest BCUT2D eigenvalue weighted by Crippen LogP contribution is 2.33. The van der Waals surface area contributed by atoms with Crippen molar-refractivity contribution < 1.29 is 9.53 Å². The van der Waals surface area contributed by atoms with E-state index in [1.54, 1.807) is 0 Å². The molecule has 0 aliphatic heterocycles. The molecule has 0 saturated heterocycles. The van der Waals surface area contributed by atoms with E-state index in [1.807, 2.05) is 39.8 Å². The van der Waals surface area contributed by atoms with Crippen molar-refractivity contribution in [2.75, 3.05) is 5.32 Å². The standard InChI is InChI=1S/C20H28N4O2/c1-7-15(8-2)24-16-10-13(5)23-20(17(16)19(21)25)26-18-11(3)9-12(4)22-14(18)6/h9-10,15H,7-8H2,1-6H3,(H2,21,25)(H,23,24). The molecule has 0 spiro atoms. The number of anilines is 1. The largest absolute Gasteiger partial charge is 0.436 e. The quantitative estimate of drug-likeness (QED) is 0.776. The Bertz CT molecular complexity index is 791. The minimum Gasteiger partial charge on any atom is -0.436 e. The molecule has 0 bridgehead atoms. The second-order valence-corrected chi connectivity index (χ2v) is 6.61. The number of aromatic nitrogens is 2. The fourth-order valence-electron chi connectivity index (χ4n) is 3.05. The van der Waals surface area contributed by atoms with Crippen LogP contribution in [0.3, 0.4) is 0 Å². The van der Waals surface area contributed by atoms with Gasteiger partial charge in [0.1, 0.15) is 5.56 Å². The number of pyridine rings is 2. The lowest BCUT2D eigenvalue weighted by Crippen LogP contribution is -2.22. The molecule has 3 N–H and O–H groups in total. The Morgan fingerprint density at radius 2 is 1.73 bits per heavy atom. The van der Waals surface area contributed by atoms with Crippen molar-refractivity contribution in [2.24, 2.45) is 5.73 Å². The number of aryl methyl sites for hydroxylation is 4. The third-order valence-electron chi connectivity index (χ3n) is 4.36. The minimum absolute atomic E-state index is 0.211. The fraction of sp³-hybridized carbons (Fsp3) is 0.450. The Morgan fingerprint density at radius 3 is 2.27 bits per heavy atom. The van der Waals surface area contributed by atoms with E-state index in [9.17, 15) is 4.79 Å². The molecular formula is C20H28N4O2. The van der Waals surface area contributed by atoms with Crippen molar-refractivity contribution in [1.29, 1.82) is 0 Å². The van der Waals surface area contributed by atoms with Gasteiger partial charge in [-0.3, -0.25) is 9.78 Å². The highest BCUT2D eigenvalue weighted by Gasteiger charge is 2.21. The maximum Gasteiger partial charge on any atom is 0.256 e. The van der Waals surface area contributed by atoms with Crippen LogP contribution in [0.1, 0.15) is 59.7 Å². The first-order chi connectivity index (χ1) is 12.3. The summed E-state index contributed by atoms with van der Waals surface area (Å²) in [4.78, 5) is 21.0. The summed E-state index contributed by atoms with van der Waals surface area (Å²) >= 11 is 0. The van der Waals surface area contributed by atoms with Crippen molar-refractivity contribution in [2.45, 2.75) is 60.4 Å². The van der Waals surface area contributed by atoms with Gasteiger partial charge in [-0.25, -0.2) is 4.98 Å². The molecule has 0 aliphatic rings. The van der Waals surface area contributed by atoms with Crippen LogP contribution in [0.5, 0.6) is 11.6 Å². The van der Waals surface area contributed by atoms with Crippen LogP contribution < -0.4 is 15.8 Å². The molecular weight excluding hydrogens is 328 g/mol. The molecule has 0 aliphatic carbocycles. The van der Waals surface area contributed by atoms with E-state index in [0.717, 1.165) is 35.5 Å². The average Bonchev–Trinajstić information content (AvgIpc) is 2.55. The van der Waals surface area contributed by atoms with Crippen LogP contribution in [-0.2, 0) is 0 Å². The van der Waals surface area contributed by atoms with Crippen LogP contribution in [0.2, 0.25) is 0 Å². The van der Waals surface area contributed by atoms with Crippen molar-refractivity contribution in [3.05, 3.63) is 40.3 Å². The summed E-state index contributed by atoms with van der Waals surface area (Å²) in [5.74, 6) is 0.240. The van der Waals surface area contributed by atoms with Gasteiger partial charge in [0.2, 0.25) is 5.88 Å². The molecule has 0 fully saturated rings. The lowest BCUT2D eigenvalue weighted by atomic mass is 10.1. The van der Waals surface area contributed by atoms with E-state index >= 15 is 0 Å².